The number of hydrogen-bond donors (Lipinski definition) is 1. The molecular weight excluding hydrogens is 271 g/mol. The fourth-order valence-electron chi connectivity index (χ4n) is 2.43. The maximum absolute atomic E-state index is 10.0. The Balaban J connectivity index is 2.02. The molecule has 4 atom stereocenters. The van der Waals surface area contributed by atoms with Crippen molar-refractivity contribution in [3.63, 3.8) is 0 Å². The molecule has 21 heavy (non-hydrogen) atoms. The second kappa shape index (κ2) is 11.4. The summed E-state index contributed by atoms with van der Waals surface area (Å²) in [6.45, 7) is 3.32. The van der Waals surface area contributed by atoms with Crippen LogP contribution in [0.3, 0.4) is 0 Å². The normalized spacial score (nSPS) is 29.1. The summed E-state index contributed by atoms with van der Waals surface area (Å²) in [5.74, 6) is 0. The van der Waals surface area contributed by atoms with Crippen LogP contribution in [0.2, 0.25) is 0 Å². The van der Waals surface area contributed by atoms with Gasteiger partial charge in [-0.2, -0.15) is 0 Å². The van der Waals surface area contributed by atoms with Crippen molar-refractivity contribution in [3.8, 4) is 0 Å². The summed E-state index contributed by atoms with van der Waals surface area (Å²) < 4.78 is 21.2. The van der Waals surface area contributed by atoms with Crippen LogP contribution in [0.5, 0.6) is 0 Å². The van der Waals surface area contributed by atoms with Crippen molar-refractivity contribution in [3.05, 3.63) is 0 Å². The molecule has 0 aliphatic carbocycles. The monoisotopic (exact) mass is 300 g/mol. The number of ether oxygens (including phenoxy) is 4. The Hall–Kier alpha value is -0.135. The number of aliphatic hydroxyl groups excluding tert-OH is 1. The molecule has 1 saturated heterocycles. The maximum Gasteiger partial charge on any atom is 0.147 e. The van der Waals surface area contributed by atoms with Crippen molar-refractivity contribution in [2.24, 2.45) is 0 Å². The van der Waals surface area contributed by atoms with Crippen molar-refractivity contribution < 1.29 is 24.1 Å². The first kappa shape index (κ1) is 18.9. The summed E-state index contributed by atoms with van der Waals surface area (Å²) in [5.41, 5.74) is 0. The summed E-state index contributed by atoms with van der Waals surface area (Å²) >= 11 is 0. The molecule has 0 aromatic carbocycles. The Bertz CT molecular complexity index is 254. The lowest BCUT2D eigenvalue weighted by atomic mass is 9.93. The van der Waals surface area contributed by atoms with Gasteiger partial charge >= 0.3 is 0 Å². The third-order valence-corrected chi connectivity index (χ3v) is 3.69. The summed E-state index contributed by atoms with van der Waals surface area (Å²) in [4.78, 5) is 0. The topological polar surface area (TPSA) is 57.2 Å². The highest BCUT2D eigenvalue weighted by atomic mass is 16.7. The molecule has 2 radical (unpaired) electrons. The zero-order valence-electron chi connectivity index (χ0n) is 13.3. The molecule has 1 aliphatic heterocycles. The van der Waals surface area contributed by atoms with E-state index in [1.807, 2.05) is 0 Å². The minimum Gasteiger partial charge on any atom is -0.388 e. The fraction of sp³-hybridized carbons (Fsp3) is 1.00. The van der Waals surface area contributed by atoms with Crippen LogP contribution in [-0.4, -0.2) is 64.4 Å². The second-order valence-electron chi connectivity index (χ2n) is 5.51. The van der Waals surface area contributed by atoms with Gasteiger partial charge in [0, 0.05) is 19.7 Å². The number of methoxy groups -OCH3 is 1. The van der Waals surface area contributed by atoms with Crippen LogP contribution in [0.4, 0.5) is 0 Å². The molecule has 0 saturated carbocycles. The van der Waals surface area contributed by atoms with Gasteiger partial charge in [0.15, 0.2) is 0 Å². The molecule has 0 bridgehead atoms. The lowest BCUT2D eigenvalue weighted by molar-refractivity contribution is -0.118. The van der Waals surface area contributed by atoms with E-state index in [4.69, 9.17) is 26.8 Å². The number of hydrogen-bond acceptors (Lipinski definition) is 5. The minimum atomic E-state index is -0.780. The van der Waals surface area contributed by atoms with Gasteiger partial charge in [0.05, 0.1) is 6.61 Å². The average Bonchev–Trinajstić information content (AvgIpc) is 2.73. The molecule has 1 heterocycles. The summed E-state index contributed by atoms with van der Waals surface area (Å²) in [6.07, 6.45) is 5.58. The molecule has 0 aromatic heterocycles. The summed E-state index contributed by atoms with van der Waals surface area (Å²) in [5, 5.41) is 10.0. The Morgan fingerprint density at radius 1 is 1.14 bits per heavy atom. The summed E-state index contributed by atoms with van der Waals surface area (Å²) in [6, 6.07) is -0.641. The van der Waals surface area contributed by atoms with E-state index in [-0.39, 0.29) is 6.79 Å². The Morgan fingerprint density at radius 2 is 1.86 bits per heavy atom. The SMILES string of the molecule is [B][C@@H]1O[C@H](COC)C(O)[C@@H]1OCOCCCCCCCC. The predicted molar refractivity (Wildman–Crippen MR) is 81.4 cm³/mol. The average molecular weight is 300 g/mol. The standard InChI is InChI=1S/C15H29BO5/c1-3-4-5-6-7-8-9-19-11-20-14-13(17)12(10-18-2)21-15(14)16/h12-15,17H,3-11H2,1-2H3/t12-,13?,14+,15-/m1/s1. The van der Waals surface area contributed by atoms with Gasteiger partial charge in [0.2, 0.25) is 0 Å². The van der Waals surface area contributed by atoms with Crippen molar-refractivity contribution in [1.29, 1.82) is 0 Å². The van der Waals surface area contributed by atoms with Crippen molar-refractivity contribution >= 4 is 7.85 Å². The van der Waals surface area contributed by atoms with Crippen LogP contribution >= 0.6 is 0 Å². The third kappa shape index (κ3) is 7.11. The van der Waals surface area contributed by atoms with Crippen LogP contribution in [-0.2, 0) is 18.9 Å². The fourth-order valence-corrected chi connectivity index (χ4v) is 2.43. The molecule has 6 heteroatoms. The lowest BCUT2D eigenvalue weighted by Gasteiger charge is -2.19. The van der Waals surface area contributed by atoms with Gasteiger partial charge in [0.25, 0.3) is 0 Å². The third-order valence-electron chi connectivity index (χ3n) is 3.69. The van der Waals surface area contributed by atoms with Crippen LogP contribution < -0.4 is 0 Å². The van der Waals surface area contributed by atoms with E-state index < -0.39 is 24.3 Å². The highest BCUT2D eigenvalue weighted by molar-refractivity contribution is 6.11. The minimum absolute atomic E-state index is 0.132. The maximum atomic E-state index is 10.0. The molecule has 5 nitrogen and oxygen atoms in total. The predicted octanol–water partition coefficient (Wildman–Crippen LogP) is 1.61. The second-order valence-corrected chi connectivity index (χ2v) is 5.51. The van der Waals surface area contributed by atoms with E-state index in [1.165, 1.54) is 32.1 Å². The highest BCUT2D eigenvalue weighted by Gasteiger charge is 2.41. The van der Waals surface area contributed by atoms with Crippen LogP contribution in [0.25, 0.3) is 0 Å². The molecule has 0 amide bonds. The molecule has 1 unspecified atom stereocenters. The zero-order valence-corrected chi connectivity index (χ0v) is 13.3. The lowest BCUT2D eigenvalue weighted by Crippen LogP contribution is -2.37. The van der Waals surface area contributed by atoms with E-state index in [9.17, 15) is 5.11 Å². The van der Waals surface area contributed by atoms with Gasteiger partial charge < -0.3 is 24.1 Å². The van der Waals surface area contributed by atoms with Gasteiger partial charge in [-0.3, -0.25) is 0 Å². The number of rotatable bonds is 12. The molecule has 1 aliphatic rings. The largest absolute Gasteiger partial charge is 0.388 e. The van der Waals surface area contributed by atoms with Crippen LogP contribution in [0.15, 0.2) is 0 Å². The Morgan fingerprint density at radius 3 is 2.57 bits per heavy atom. The van der Waals surface area contributed by atoms with Crippen LogP contribution in [0, 0.1) is 0 Å². The highest BCUT2D eigenvalue weighted by Crippen LogP contribution is 2.22. The molecule has 1 rings (SSSR count). The van der Waals surface area contributed by atoms with Crippen molar-refractivity contribution in [2.75, 3.05) is 27.1 Å². The molecule has 1 fully saturated rings. The van der Waals surface area contributed by atoms with E-state index in [0.29, 0.717) is 13.2 Å². The van der Waals surface area contributed by atoms with E-state index in [0.717, 1.165) is 6.42 Å². The molecular formula is C15H29BO5. The first-order valence-corrected chi connectivity index (χ1v) is 7.98. The molecule has 0 aromatic rings. The smallest absolute Gasteiger partial charge is 0.147 e. The summed E-state index contributed by atoms with van der Waals surface area (Å²) in [7, 11) is 7.34. The van der Waals surface area contributed by atoms with Crippen LogP contribution in [0.1, 0.15) is 45.4 Å². The van der Waals surface area contributed by atoms with Gasteiger partial charge in [-0.1, -0.05) is 39.0 Å². The van der Waals surface area contributed by atoms with E-state index in [1.54, 1.807) is 7.11 Å². The molecule has 122 valence electrons. The van der Waals surface area contributed by atoms with Gasteiger partial charge in [0.1, 0.15) is 33.0 Å². The molecule has 0 spiro atoms. The Kier molecular flexibility index (Phi) is 10.3. The quantitative estimate of drug-likeness (QED) is 0.337. The van der Waals surface area contributed by atoms with E-state index >= 15 is 0 Å². The number of aliphatic hydroxyl groups is 1. The van der Waals surface area contributed by atoms with Crippen molar-refractivity contribution in [2.45, 2.75) is 69.8 Å². The van der Waals surface area contributed by atoms with Gasteiger partial charge in [-0.15, -0.1) is 0 Å². The first-order chi connectivity index (χ1) is 10.2. The number of unbranched alkanes of at least 4 members (excludes halogenated alkanes) is 5. The van der Waals surface area contributed by atoms with E-state index in [2.05, 4.69) is 6.92 Å². The zero-order chi connectivity index (χ0) is 15.5. The van der Waals surface area contributed by atoms with Gasteiger partial charge in [-0.05, 0) is 6.42 Å². The van der Waals surface area contributed by atoms with Crippen molar-refractivity contribution in [1.82, 2.24) is 0 Å². The molecule has 1 N–H and O–H groups in total. The Labute approximate surface area is 129 Å². The van der Waals surface area contributed by atoms with Gasteiger partial charge in [-0.25, -0.2) is 0 Å². The first-order valence-electron chi connectivity index (χ1n) is 7.98.